The summed E-state index contributed by atoms with van der Waals surface area (Å²) in [6, 6.07) is 13.8. The van der Waals surface area contributed by atoms with Crippen LogP contribution in [0.3, 0.4) is 0 Å². The first-order valence-electron chi connectivity index (χ1n) is 6.50. The van der Waals surface area contributed by atoms with E-state index in [0.717, 1.165) is 22.6 Å². The van der Waals surface area contributed by atoms with Crippen LogP contribution < -0.4 is 15.8 Å². The number of nitrogens with one attached hydrogen (secondary N) is 1. The monoisotopic (exact) mass is 290 g/mol. The predicted octanol–water partition coefficient (Wildman–Crippen LogP) is 3.77. The van der Waals surface area contributed by atoms with Crippen LogP contribution in [0.25, 0.3) is 0 Å². The van der Waals surface area contributed by atoms with E-state index in [0.29, 0.717) is 11.6 Å². The minimum Gasteiger partial charge on any atom is -0.496 e. The van der Waals surface area contributed by atoms with Crippen LogP contribution in [0.2, 0.25) is 5.02 Å². The van der Waals surface area contributed by atoms with Gasteiger partial charge in [0.25, 0.3) is 0 Å². The molecule has 0 fully saturated rings. The van der Waals surface area contributed by atoms with Crippen LogP contribution in [-0.4, -0.2) is 13.7 Å². The molecule has 0 saturated heterocycles. The molecule has 0 radical (unpaired) electrons. The van der Waals surface area contributed by atoms with Gasteiger partial charge in [-0.3, -0.25) is 0 Å². The third-order valence-corrected chi connectivity index (χ3v) is 3.46. The van der Waals surface area contributed by atoms with E-state index in [1.165, 1.54) is 0 Å². The molecule has 0 aliphatic carbocycles. The molecule has 20 heavy (non-hydrogen) atoms. The Morgan fingerprint density at radius 2 is 2.05 bits per heavy atom. The number of methoxy groups -OCH3 is 1. The molecule has 0 amide bonds. The van der Waals surface area contributed by atoms with E-state index in [9.17, 15) is 0 Å². The van der Waals surface area contributed by atoms with E-state index in [1.807, 2.05) is 43.3 Å². The Bertz CT molecular complexity index is 586. The smallest absolute Gasteiger partial charge is 0.121 e. The van der Waals surface area contributed by atoms with Gasteiger partial charge in [0.15, 0.2) is 0 Å². The predicted molar refractivity (Wildman–Crippen MR) is 84.6 cm³/mol. The molecule has 2 rings (SSSR count). The van der Waals surface area contributed by atoms with Gasteiger partial charge in [-0.1, -0.05) is 29.8 Å². The Morgan fingerprint density at radius 3 is 2.65 bits per heavy atom. The lowest BCUT2D eigenvalue weighted by Crippen LogP contribution is -2.20. The van der Waals surface area contributed by atoms with Crippen LogP contribution in [0.15, 0.2) is 42.5 Å². The quantitative estimate of drug-likeness (QED) is 0.881. The number of benzene rings is 2. The van der Waals surface area contributed by atoms with Crippen LogP contribution >= 0.6 is 11.6 Å². The third-order valence-electron chi connectivity index (χ3n) is 3.22. The number of aryl methyl sites for hydroxylation is 1. The van der Waals surface area contributed by atoms with Gasteiger partial charge >= 0.3 is 0 Å². The number of nitrogens with two attached hydrogens (primary N) is 1. The lowest BCUT2D eigenvalue weighted by atomic mass is 10.0. The van der Waals surface area contributed by atoms with Crippen molar-refractivity contribution in [1.29, 1.82) is 0 Å². The van der Waals surface area contributed by atoms with Gasteiger partial charge in [-0.15, -0.1) is 0 Å². The normalized spacial score (nSPS) is 12.0. The summed E-state index contributed by atoms with van der Waals surface area (Å²) in [6.07, 6.45) is 0. The highest BCUT2D eigenvalue weighted by atomic mass is 35.5. The summed E-state index contributed by atoms with van der Waals surface area (Å²) >= 11 is 5.99. The standard InChI is InChI=1S/C16H19ClN2O/c1-11-8-12(6-7-16(11)20-2)15(10-18)19-14-5-3-4-13(17)9-14/h3-9,15,19H,10,18H2,1-2H3. The summed E-state index contributed by atoms with van der Waals surface area (Å²) in [5.74, 6) is 0.882. The van der Waals surface area contributed by atoms with Crippen molar-refractivity contribution < 1.29 is 4.74 Å². The minimum absolute atomic E-state index is 0.0399. The molecule has 1 atom stereocenters. The fraction of sp³-hybridized carbons (Fsp3) is 0.250. The van der Waals surface area contributed by atoms with Gasteiger partial charge in [0.1, 0.15) is 5.75 Å². The van der Waals surface area contributed by atoms with Gasteiger partial charge in [0.2, 0.25) is 0 Å². The molecule has 0 spiro atoms. The second-order valence-corrected chi connectivity index (χ2v) is 5.11. The van der Waals surface area contributed by atoms with E-state index in [1.54, 1.807) is 7.11 Å². The molecule has 0 aliphatic rings. The van der Waals surface area contributed by atoms with E-state index in [-0.39, 0.29) is 6.04 Å². The van der Waals surface area contributed by atoms with Crippen molar-refractivity contribution in [2.45, 2.75) is 13.0 Å². The van der Waals surface area contributed by atoms with Crippen LogP contribution in [0.1, 0.15) is 17.2 Å². The van der Waals surface area contributed by atoms with Gasteiger partial charge < -0.3 is 15.8 Å². The van der Waals surface area contributed by atoms with Gasteiger partial charge in [0, 0.05) is 17.3 Å². The van der Waals surface area contributed by atoms with Crippen molar-refractivity contribution in [3.63, 3.8) is 0 Å². The number of hydrogen-bond acceptors (Lipinski definition) is 3. The van der Waals surface area contributed by atoms with E-state index in [2.05, 4.69) is 11.4 Å². The summed E-state index contributed by atoms with van der Waals surface area (Å²) in [7, 11) is 1.67. The SMILES string of the molecule is COc1ccc(C(CN)Nc2cccc(Cl)c2)cc1C. The Labute approximate surface area is 124 Å². The maximum atomic E-state index is 5.99. The number of anilines is 1. The van der Waals surface area contributed by atoms with E-state index in [4.69, 9.17) is 22.1 Å². The molecule has 4 heteroatoms. The summed E-state index contributed by atoms with van der Waals surface area (Å²) in [6.45, 7) is 2.52. The molecule has 0 saturated carbocycles. The molecule has 2 aromatic carbocycles. The zero-order valence-electron chi connectivity index (χ0n) is 11.7. The lowest BCUT2D eigenvalue weighted by molar-refractivity contribution is 0.411. The molecule has 0 bridgehead atoms. The number of rotatable bonds is 5. The molecule has 0 aliphatic heterocycles. The van der Waals surface area contributed by atoms with Gasteiger partial charge in [-0.05, 0) is 42.3 Å². The third kappa shape index (κ3) is 3.44. The van der Waals surface area contributed by atoms with Gasteiger partial charge in [-0.2, -0.15) is 0 Å². The molecule has 3 nitrogen and oxygen atoms in total. The summed E-state index contributed by atoms with van der Waals surface area (Å²) < 4.78 is 5.28. The molecular weight excluding hydrogens is 272 g/mol. The number of hydrogen-bond donors (Lipinski definition) is 2. The van der Waals surface area contributed by atoms with Crippen molar-refractivity contribution in [3.8, 4) is 5.75 Å². The first kappa shape index (κ1) is 14.7. The first-order chi connectivity index (χ1) is 9.63. The molecular formula is C16H19ClN2O. The second kappa shape index (κ2) is 6.64. The van der Waals surface area contributed by atoms with Gasteiger partial charge in [-0.25, -0.2) is 0 Å². The Kier molecular flexibility index (Phi) is 4.88. The maximum absolute atomic E-state index is 5.99. The number of ether oxygens (including phenoxy) is 1. The van der Waals surface area contributed by atoms with Crippen molar-refractivity contribution >= 4 is 17.3 Å². The van der Waals surface area contributed by atoms with Crippen LogP contribution in [0.4, 0.5) is 5.69 Å². The van der Waals surface area contributed by atoms with Gasteiger partial charge in [0.05, 0.1) is 13.2 Å². The van der Waals surface area contributed by atoms with Crippen LogP contribution in [-0.2, 0) is 0 Å². The van der Waals surface area contributed by atoms with E-state index < -0.39 is 0 Å². The first-order valence-corrected chi connectivity index (χ1v) is 6.88. The molecule has 1 unspecified atom stereocenters. The Balaban J connectivity index is 2.22. The van der Waals surface area contributed by atoms with Crippen LogP contribution in [0.5, 0.6) is 5.75 Å². The van der Waals surface area contributed by atoms with Crippen molar-refractivity contribution in [2.75, 3.05) is 19.0 Å². The molecule has 0 aromatic heterocycles. The topological polar surface area (TPSA) is 47.3 Å². The average molecular weight is 291 g/mol. The summed E-state index contributed by atoms with van der Waals surface area (Å²) in [4.78, 5) is 0. The zero-order valence-corrected chi connectivity index (χ0v) is 12.4. The van der Waals surface area contributed by atoms with Crippen LogP contribution in [0, 0.1) is 6.92 Å². The molecule has 2 aromatic rings. The highest BCUT2D eigenvalue weighted by molar-refractivity contribution is 6.30. The minimum atomic E-state index is 0.0399. The fourth-order valence-electron chi connectivity index (χ4n) is 2.18. The fourth-order valence-corrected chi connectivity index (χ4v) is 2.37. The highest BCUT2D eigenvalue weighted by Crippen LogP contribution is 2.25. The Morgan fingerprint density at radius 1 is 1.25 bits per heavy atom. The van der Waals surface area contributed by atoms with Crippen molar-refractivity contribution in [2.24, 2.45) is 5.73 Å². The summed E-state index contributed by atoms with van der Waals surface area (Å²) in [5.41, 5.74) is 9.07. The lowest BCUT2D eigenvalue weighted by Gasteiger charge is -2.20. The second-order valence-electron chi connectivity index (χ2n) is 4.67. The maximum Gasteiger partial charge on any atom is 0.121 e. The molecule has 3 N–H and O–H groups in total. The summed E-state index contributed by atoms with van der Waals surface area (Å²) in [5, 5.41) is 4.11. The zero-order chi connectivity index (χ0) is 14.5. The largest absolute Gasteiger partial charge is 0.496 e. The van der Waals surface area contributed by atoms with Crippen molar-refractivity contribution in [1.82, 2.24) is 0 Å². The van der Waals surface area contributed by atoms with Crippen molar-refractivity contribution in [3.05, 3.63) is 58.6 Å². The molecule has 106 valence electrons. The molecule has 0 heterocycles. The highest BCUT2D eigenvalue weighted by Gasteiger charge is 2.11. The Hall–Kier alpha value is -1.71. The number of halogens is 1. The average Bonchev–Trinajstić information content (AvgIpc) is 2.44. The van der Waals surface area contributed by atoms with E-state index >= 15 is 0 Å².